The summed E-state index contributed by atoms with van der Waals surface area (Å²) in [6.07, 6.45) is 0. The van der Waals surface area contributed by atoms with Crippen LogP contribution in [0.2, 0.25) is 0 Å². The minimum absolute atomic E-state index is 0.0156. The first-order valence-corrected chi connectivity index (χ1v) is 24.2. The SMILES string of the molecule is c1ccc([Si]2(c3ccccc3)c3ccccc3B(c3ccccc3-c3cc(-n4c5ccccc5c5ccccc54)nc(-n4c5ccccc5c5ccccc54)c3)c3ccccc32)cc1. The van der Waals surface area contributed by atoms with Crippen LogP contribution in [0.5, 0.6) is 0 Å². The summed E-state index contributed by atoms with van der Waals surface area (Å²) in [5, 5.41) is 10.5. The van der Waals surface area contributed by atoms with Gasteiger partial charge in [0.1, 0.15) is 11.6 Å². The van der Waals surface area contributed by atoms with Crippen LogP contribution >= 0.6 is 0 Å². The van der Waals surface area contributed by atoms with Crippen LogP contribution < -0.4 is 37.1 Å². The molecule has 0 saturated heterocycles. The van der Waals surface area contributed by atoms with Crippen LogP contribution in [0.4, 0.5) is 0 Å². The van der Waals surface area contributed by atoms with Gasteiger partial charge in [-0.25, -0.2) is 4.98 Å². The molecule has 0 fully saturated rings. The Kier molecular flexibility index (Phi) is 8.33. The number of aromatic nitrogens is 3. The summed E-state index contributed by atoms with van der Waals surface area (Å²) in [7, 11) is -2.76. The number of benzene rings is 9. The van der Waals surface area contributed by atoms with E-state index in [1.165, 1.54) is 64.2 Å². The van der Waals surface area contributed by atoms with Gasteiger partial charge >= 0.3 is 0 Å². The van der Waals surface area contributed by atoms with Crippen molar-refractivity contribution in [2.45, 2.75) is 0 Å². The molecule has 0 N–H and O–H groups in total. The van der Waals surface area contributed by atoms with Crippen LogP contribution in [-0.4, -0.2) is 28.9 Å². The van der Waals surface area contributed by atoms with E-state index >= 15 is 0 Å². The van der Waals surface area contributed by atoms with Crippen molar-refractivity contribution in [3.8, 4) is 22.8 Å². The minimum Gasteiger partial charge on any atom is -0.294 e. The highest BCUT2D eigenvalue weighted by atomic mass is 28.3. The van der Waals surface area contributed by atoms with Gasteiger partial charge in [-0.3, -0.25) is 9.13 Å². The topological polar surface area (TPSA) is 22.8 Å². The molecule has 298 valence electrons. The predicted octanol–water partition coefficient (Wildman–Crippen LogP) is 9.15. The summed E-state index contributed by atoms with van der Waals surface area (Å²) in [5.74, 6) is 1.76. The van der Waals surface area contributed by atoms with Gasteiger partial charge in [0.2, 0.25) is 6.71 Å². The molecule has 0 bridgehead atoms. The van der Waals surface area contributed by atoms with Crippen molar-refractivity contribution >= 4 is 95.5 Å². The second-order valence-corrected chi connectivity index (χ2v) is 20.7. The number of para-hydroxylation sites is 4. The molecule has 0 spiro atoms. The van der Waals surface area contributed by atoms with E-state index in [-0.39, 0.29) is 6.71 Å². The fraction of sp³-hybridized carbons (Fsp3) is 0. The van der Waals surface area contributed by atoms with Crippen molar-refractivity contribution in [3.63, 3.8) is 0 Å². The van der Waals surface area contributed by atoms with Crippen LogP contribution in [-0.2, 0) is 0 Å². The maximum atomic E-state index is 5.68. The van der Waals surface area contributed by atoms with Gasteiger partial charge in [-0.05, 0) is 68.3 Å². The van der Waals surface area contributed by atoms with Crippen LogP contribution in [0.25, 0.3) is 66.4 Å². The van der Waals surface area contributed by atoms with E-state index in [0.29, 0.717) is 0 Å². The second-order valence-electron chi connectivity index (χ2n) is 17.0. The monoisotopic (exact) mass is 829 g/mol. The highest BCUT2D eigenvalue weighted by Crippen LogP contribution is 2.36. The van der Waals surface area contributed by atoms with E-state index in [9.17, 15) is 0 Å². The smallest absolute Gasteiger partial charge is 0.241 e. The molecule has 0 unspecified atom stereocenters. The van der Waals surface area contributed by atoms with Crippen molar-refractivity contribution in [1.82, 2.24) is 14.1 Å². The highest BCUT2D eigenvalue weighted by Gasteiger charge is 2.50. The molecule has 3 nitrogen and oxygen atoms in total. The summed E-state index contributed by atoms with van der Waals surface area (Å²) < 4.78 is 4.72. The second kappa shape index (κ2) is 14.6. The lowest BCUT2D eigenvalue weighted by molar-refractivity contribution is 1.01. The summed E-state index contributed by atoms with van der Waals surface area (Å²) in [6.45, 7) is -0.0156. The van der Waals surface area contributed by atoms with Crippen LogP contribution in [0, 0.1) is 0 Å². The molecule has 9 aromatic carbocycles. The average molecular weight is 830 g/mol. The number of fused-ring (bicyclic) bond motifs is 8. The molecular weight excluding hydrogens is 790 g/mol. The molecule has 12 aromatic rings. The van der Waals surface area contributed by atoms with E-state index in [0.717, 1.165) is 39.3 Å². The van der Waals surface area contributed by atoms with E-state index in [1.54, 1.807) is 0 Å². The zero-order valence-corrected chi connectivity index (χ0v) is 36.0. The molecule has 64 heavy (non-hydrogen) atoms. The highest BCUT2D eigenvalue weighted by molar-refractivity contribution is 7.26. The Hall–Kier alpha value is -7.99. The molecule has 1 aliphatic rings. The Labute approximate surface area is 373 Å². The van der Waals surface area contributed by atoms with Crippen molar-refractivity contribution in [2.24, 2.45) is 0 Å². The zero-order valence-electron chi connectivity index (χ0n) is 35.0. The molecular formula is C59H40BN3Si. The van der Waals surface area contributed by atoms with Crippen molar-refractivity contribution in [2.75, 3.05) is 0 Å². The lowest BCUT2D eigenvalue weighted by atomic mass is 9.35. The maximum absolute atomic E-state index is 5.68. The largest absolute Gasteiger partial charge is 0.294 e. The molecule has 0 amide bonds. The third-order valence-electron chi connectivity index (χ3n) is 13.8. The maximum Gasteiger partial charge on any atom is 0.241 e. The van der Waals surface area contributed by atoms with E-state index in [2.05, 4.69) is 252 Å². The standard InChI is InChI=1S/C59H40BN3Si/c1-3-21-42(22-4-1)64(43-23-5-2-6-24-43)56-37-19-13-31-50(56)60(51-32-14-20-38-57(51)64)49-30-12-7-25-44(49)41-39-58(62-52-33-15-8-26-45(52)46-27-9-16-34-53(46)62)61-59(40-41)63-54-35-17-10-28-47(54)48-29-11-18-36-55(48)63/h1-40H. The van der Waals surface area contributed by atoms with Crippen molar-refractivity contribution < 1.29 is 0 Å². The molecule has 4 heterocycles. The molecule has 0 radical (unpaired) electrons. The number of hydrogen-bond donors (Lipinski definition) is 0. The van der Waals surface area contributed by atoms with E-state index in [1.807, 2.05) is 0 Å². The van der Waals surface area contributed by atoms with Gasteiger partial charge in [-0.15, -0.1) is 0 Å². The predicted molar refractivity (Wildman–Crippen MR) is 273 cm³/mol. The summed E-state index contributed by atoms with van der Waals surface area (Å²) in [4.78, 5) is 5.68. The fourth-order valence-corrected chi connectivity index (χ4v) is 16.5. The van der Waals surface area contributed by atoms with Crippen molar-refractivity contribution in [1.29, 1.82) is 0 Å². The summed E-state index contributed by atoms with van der Waals surface area (Å²) in [5.41, 5.74) is 10.9. The lowest BCUT2D eigenvalue weighted by Crippen LogP contribution is -2.86. The Morgan fingerprint density at radius 3 is 1.11 bits per heavy atom. The Bertz CT molecular complexity index is 3430. The molecule has 5 heteroatoms. The first kappa shape index (κ1) is 36.6. The molecule has 3 aromatic heterocycles. The van der Waals surface area contributed by atoms with Gasteiger partial charge in [-0.2, -0.15) is 0 Å². The van der Waals surface area contributed by atoms with Gasteiger partial charge in [0, 0.05) is 21.5 Å². The number of hydrogen-bond acceptors (Lipinski definition) is 1. The summed E-state index contributed by atoms with van der Waals surface area (Å²) in [6, 6.07) is 89.9. The molecule has 1 aliphatic heterocycles. The van der Waals surface area contributed by atoms with E-state index in [4.69, 9.17) is 4.98 Å². The Balaban J connectivity index is 1.11. The Morgan fingerprint density at radius 2 is 0.672 bits per heavy atom. The van der Waals surface area contributed by atoms with Gasteiger partial charge in [-0.1, -0.05) is 223 Å². The fourth-order valence-electron chi connectivity index (χ4n) is 11.2. The first-order valence-electron chi connectivity index (χ1n) is 22.2. The van der Waals surface area contributed by atoms with E-state index < -0.39 is 8.07 Å². The Morgan fingerprint density at radius 1 is 0.328 bits per heavy atom. The first-order chi connectivity index (χ1) is 31.8. The summed E-state index contributed by atoms with van der Waals surface area (Å²) >= 11 is 0. The van der Waals surface area contributed by atoms with Gasteiger partial charge in [0.05, 0.1) is 22.1 Å². The minimum atomic E-state index is -2.76. The quantitative estimate of drug-likeness (QED) is 0.154. The molecule has 0 atom stereocenters. The number of pyridine rings is 1. The average Bonchev–Trinajstić information content (AvgIpc) is 3.89. The van der Waals surface area contributed by atoms with Gasteiger partial charge < -0.3 is 0 Å². The van der Waals surface area contributed by atoms with Crippen LogP contribution in [0.1, 0.15) is 0 Å². The lowest BCUT2D eigenvalue weighted by Gasteiger charge is -2.43. The third-order valence-corrected chi connectivity index (χ3v) is 18.7. The zero-order chi connectivity index (χ0) is 42.2. The van der Waals surface area contributed by atoms with Gasteiger partial charge in [0.25, 0.3) is 0 Å². The van der Waals surface area contributed by atoms with Crippen LogP contribution in [0.15, 0.2) is 243 Å². The molecule has 13 rings (SSSR count). The third kappa shape index (κ3) is 5.31. The van der Waals surface area contributed by atoms with Crippen LogP contribution in [0.3, 0.4) is 0 Å². The number of rotatable bonds is 6. The van der Waals surface area contributed by atoms with Gasteiger partial charge in [0.15, 0.2) is 8.07 Å². The normalized spacial score (nSPS) is 13.1. The molecule has 0 aliphatic carbocycles. The number of nitrogens with zero attached hydrogens (tertiary/aromatic N) is 3. The van der Waals surface area contributed by atoms with Crippen molar-refractivity contribution in [3.05, 3.63) is 243 Å². The molecule has 0 saturated carbocycles.